The Morgan fingerprint density at radius 2 is 1.85 bits per heavy atom. The second-order valence-electron chi connectivity index (χ2n) is 5.26. The number of furan rings is 1. The molecule has 1 heterocycles. The molecule has 1 atom stereocenters. The predicted molar refractivity (Wildman–Crippen MR) is 80.8 cm³/mol. The quantitative estimate of drug-likeness (QED) is 0.751. The van der Waals surface area contributed by atoms with Gasteiger partial charge in [0.25, 0.3) is 0 Å². The number of hydrogen-bond acceptors (Lipinski definition) is 3. The summed E-state index contributed by atoms with van der Waals surface area (Å²) in [6, 6.07) is 13.5. The van der Waals surface area contributed by atoms with E-state index in [1.807, 2.05) is 62.3 Å². The largest absolute Gasteiger partial charge is 0.453 e. The highest BCUT2D eigenvalue weighted by molar-refractivity contribution is 5.96. The Kier molecular flexibility index (Phi) is 4.74. The van der Waals surface area contributed by atoms with E-state index in [0.29, 0.717) is 5.76 Å². The Morgan fingerprint density at radius 1 is 1.15 bits per heavy atom. The zero-order valence-electron chi connectivity index (χ0n) is 12.3. The minimum Gasteiger partial charge on any atom is -0.453 e. The van der Waals surface area contributed by atoms with E-state index in [0.717, 1.165) is 24.3 Å². The van der Waals surface area contributed by atoms with Crippen molar-refractivity contribution in [3.63, 3.8) is 0 Å². The lowest BCUT2D eigenvalue weighted by atomic mass is 9.99. The third-order valence-corrected chi connectivity index (χ3v) is 3.36. The first-order valence-corrected chi connectivity index (χ1v) is 6.96. The number of carbonyl (C=O) groups excluding carboxylic acids is 1. The third-order valence-electron chi connectivity index (χ3n) is 3.36. The molecule has 2 rings (SSSR count). The number of Topliss-reactive ketones (excluding diaryl/α,β-unsaturated/α-hetero) is 1. The van der Waals surface area contributed by atoms with E-state index in [1.165, 1.54) is 0 Å². The van der Waals surface area contributed by atoms with Crippen LogP contribution in [0, 0.1) is 5.92 Å². The van der Waals surface area contributed by atoms with Crippen molar-refractivity contribution >= 4 is 5.78 Å². The molecule has 0 bridgehead atoms. The van der Waals surface area contributed by atoms with Crippen LogP contribution in [-0.4, -0.2) is 31.3 Å². The van der Waals surface area contributed by atoms with Crippen LogP contribution in [0.2, 0.25) is 0 Å². The van der Waals surface area contributed by atoms with Crippen LogP contribution in [0.1, 0.15) is 23.9 Å². The molecule has 0 N–H and O–H groups in total. The summed E-state index contributed by atoms with van der Waals surface area (Å²) in [5.41, 5.74) is 0.993. The summed E-state index contributed by atoms with van der Waals surface area (Å²) < 4.78 is 5.73. The average molecular weight is 271 g/mol. The van der Waals surface area contributed by atoms with Crippen LogP contribution in [0.25, 0.3) is 11.3 Å². The van der Waals surface area contributed by atoms with Gasteiger partial charge in [0.05, 0.1) is 0 Å². The van der Waals surface area contributed by atoms with Crippen LogP contribution in [-0.2, 0) is 0 Å². The van der Waals surface area contributed by atoms with Gasteiger partial charge < -0.3 is 9.32 Å². The lowest BCUT2D eigenvalue weighted by molar-refractivity contribution is 0.0866. The van der Waals surface area contributed by atoms with Gasteiger partial charge in [-0.2, -0.15) is 0 Å². The molecular weight excluding hydrogens is 250 g/mol. The van der Waals surface area contributed by atoms with Gasteiger partial charge in [0.2, 0.25) is 5.78 Å². The summed E-state index contributed by atoms with van der Waals surface area (Å²) in [4.78, 5) is 14.5. The van der Waals surface area contributed by atoms with Crippen LogP contribution in [0.5, 0.6) is 0 Å². The maximum absolute atomic E-state index is 12.4. The number of carbonyl (C=O) groups is 1. The summed E-state index contributed by atoms with van der Waals surface area (Å²) >= 11 is 0. The third kappa shape index (κ3) is 3.36. The van der Waals surface area contributed by atoms with Crippen molar-refractivity contribution in [1.29, 1.82) is 0 Å². The fraction of sp³-hybridized carbons (Fsp3) is 0.353. The predicted octanol–water partition coefficient (Wildman–Crippen LogP) is 3.72. The first kappa shape index (κ1) is 14.5. The molecule has 0 saturated carbocycles. The molecular formula is C17H21NO2. The number of hydrogen-bond donors (Lipinski definition) is 0. The number of nitrogens with zero attached hydrogens (tertiary/aromatic N) is 1. The lowest BCUT2D eigenvalue weighted by Crippen LogP contribution is -2.27. The van der Waals surface area contributed by atoms with Crippen molar-refractivity contribution < 1.29 is 9.21 Å². The van der Waals surface area contributed by atoms with E-state index in [4.69, 9.17) is 4.42 Å². The maximum atomic E-state index is 12.4. The Balaban J connectivity index is 2.18. The normalized spacial score (nSPS) is 12.6. The Morgan fingerprint density at radius 3 is 2.45 bits per heavy atom. The molecule has 106 valence electrons. The van der Waals surface area contributed by atoms with Gasteiger partial charge in [0.15, 0.2) is 5.76 Å². The van der Waals surface area contributed by atoms with Crippen LogP contribution in [0.3, 0.4) is 0 Å². The smallest absolute Gasteiger partial charge is 0.202 e. The average Bonchev–Trinajstić information content (AvgIpc) is 2.94. The van der Waals surface area contributed by atoms with Crippen molar-refractivity contribution in [2.45, 2.75) is 13.3 Å². The number of ketones is 1. The summed E-state index contributed by atoms with van der Waals surface area (Å²) in [5, 5.41) is 0. The Bertz CT molecular complexity index is 557. The van der Waals surface area contributed by atoms with Crippen molar-refractivity contribution in [2.75, 3.05) is 20.6 Å². The highest BCUT2D eigenvalue weighted by Crippen LogP contribution is 2.24. The van der Waals surface area contributed by atoms with Gasteiger partial charge in [0, 0.05) is 18.0 Å². The first-order valence-electron chi connectivity index (χ1n) is 6.96. The lowest BCUT2D eigenvalue weighted by Gasteiger charge is -2.17. The van der Waals surface area contributed by atoms with Gasteiger partial charge in [-0.3, -0.25) is 4.79 Å². The monoisotopic (exact) mass is 271 g/mol. The molecule has 0 aliphatic carbocycles. The Hall–Kier alpha value is -1.87. The molecule has 0 amide bonds. The molecule has 3 nitrogen and oxygen atoms in total. The van der Waals surface area contributed by atoms with E-state index < -0.39 is 0 Å². The maximum Gasteiger partial charge on any atom is 0.202 e. The van der Waals surface area contributed by atoms with E-state index in [-0.39, 0.29) is 11.7 Å². The van der Waals surface area contributed by atoms with Crippen LogP contribution in [0.4, 0.5) is 0 Å². The fourth-order valence-electron chi connectivity index (χ4n) is 2.27. The zero-order valence-corrected chi connectivity index (χ0v) is 12.3. The van der Waals surface area contributed by atoms with Gasteiger partial charge in [-0.25, -0.2) is 0 Å². The minimum atomic E-state index is -0.0141. The van der Waals surface area contributed by atoms with Gasteiger partial charge in [-0.15, -0.1) is 0 Å². The van der Waals surface area contributed by atoms with Crippen molar-refractivity contribution in [2.24, 2.45) is 5.92 Å². The molecule has 0 aliphatic rings. The van der Waals surface area contributed by atoms with E-state index in [2.05, 4.69) is 0 Å². The number of benzene rings is 1. The van der Waals surface area contributed by atoms with Crippen molar-refractivity contribution in [3.05, 3.63) is 48.2 Å². The minimum absolute atomic E-state index is 0.0141. The molecule has 0 saturated heterocycles. The summed E-state index contributed by atoms with van der Waals surface area (Å²) in [6.45, 7) is 2.78. The van der Waals surface area contributed by atoms with E-state index in [1.54, 1.807) is 6.07 Å². The molecule has 1 aromatic heterocycles. The van der Waals surface area contributed by atoms with Crippen molar-refractivity contribution in [3.8, 4) is 11.3 Å². The molecule has 20 heavy (non-hydrogen) atoms. The molecule has 1 aromatic carbocycles. The van der Waals surface area contributed by atoms with Crippen LogP contribution >= 0.6 is 0 Å². The zero-order chi connectivity index (χ0) is 14.5. The second kappa shape index (κ2) is 6.53. The molecule has 0 fully saturated rings. The molecule has 0 radical (unpaired) electrons. The second-order valence-corrected chi connectivity index (χ2v) is 5.26. The highest BCUT2D eigenvalue weighted by atomic mass is 16.3. The highest BCUT2D eigenvalue weighted by Gasteiger charge is 2.22. The Labute approximate surface area is 120 Å². The fourth-order valence-corrected chi connectivity index (χ4v) is 2.27. The van der Waals surface area contributed by atoms with Gasteiger partial charge in [-0.05, 0) is 32.6 Å². The van der Waals surface area contributed by atoms with Crippen molar-refractivity contribution in [1.82, 2.24) is 4.90 Å². The SMILES string of the molecule is CCC(CN(C)C)C(=O)c1ccc(-c2ccccc2)o1. The summed E-state index contributed by atoms with van der Waals surface area (Å²) in [7, 11) is 3.96. The van der Waals surface area contributed by atoms with Gasteiger partial charge in [0.1, 0.15) is 5.76 Å². The van der Waals surface area contributed by atoms with Gasteiger partial charge >= 0.3 is 0 Å². The number of rotatable bonds is 6. The first-order chi connectivity index (χ1) is 9.61. The van der Waals surface area contributed by atoms with E-state index >= 15 is 0 Å². The molecule has 3 heteroatoms. The summed E-state index contributed by atoms with van der Waals surface area (Å²) in [5.74, 6) is 1.27. The molecule has 0 aliphatic heterocycles. The standard InChI is InChI=1S/C17H21NO2/c1-4-13(12-18(2)3)17(19)16-11-10-15(20-16)14-8-6-5-7-9-14/h5-11,13H,4,12H2,1-3H3. The van der Waals surface area contributed by atoms with Crippen LogP contribution < -0.4 is 0 Å². The molecule has 1 unspecified atom stereocenters. The summed E-state index contributed by atoms with van der Waals surface area (Å²) in [6.07, 6.45) is 0.818. The van der Waals surface area contributed by atoms with Crippen LogP contribution in [0.15, 0.2) is 46.9 Å². The van der Waals surface area contributed by atoms with E-state index in [9.17, 15) is 4.79 Å². The van der Waals surface area contributed by atoms with Gasteiger partial charge in [-0.1, -0.05) is 37.3 Å². The molecule has 2 aromatic rings. The topological polar surface area (TPSA) is 33.5 Å². The molecule has 0 spiro atoms.